The minimum atomic E-state index is 0.798. The van der Waals surface area contributed by atoms with E-state index >= 15 is 0 Å². The zero-order valence-corrected chi connectivity index (χ0v) is 11.7. The number of aryl methyl sites for hydroxylation is 2. The van der Waals surface area contributed by atoms with Crippen molar-refractivity contribution in [3.63, 3.8) is 0 Å². The second kappa shape index (κ2) is 5.21. The SMILES string of the molecule is CNCc1cc(Cn2cnc3c2CCCC3)oc1C. The van der Waals surface area contributed by atoms with Gasteiger partial charge in [0.2, 0.25) is 0 Å². The Morgan fingerprint density at radius 1 is 1.37 bits per heavy atom. The van der Waals surface area contributed by atoms with Crippen LogP contribution in [0, 0.1) is 6.92 Å². The molecule has 1 aliphatic carbocycles. The fourth-order valence-corrected chi connectivity index (χ4v) is 2.87. The van der Waals surface area contributed by atoms with Crippen LogP contribution in [0.1, 0.15) is 41.3 Å². The summed E-state index contributed by atoms with van der Waals surface area (Å²) >= 11 is 0. The van der Waals surface area contributed by atoms with E-state index in [-0.39, 0.29) is 0 Å². The first-order valence-corrected chi connectivity index (χ1v) is 7.03. The van der Waals surface area contributed by atoms with E-state index in [0.29, 0.717) is 0 Å². The molecule has 0 radical (unpaired) electrons. The summed E-state index contributed by atoms with van der Waals surface area (Å²) in [7, 11) is 1.96. The van der Waals surface area contributed by atoms with Gasteiger partial charge in [0.05, 0.1) is 18.6 Å². The molecule has 2 heterocycles. The average molecular weight is 259 g/mol. The number of aromatic nitrogens is 2. The van der Waals surface area contributed by atoms with Crippen LogP contribution in [0.4, 0.5) is 0 Å². The second-order valence-corrected chi connectivity index (χ2v) is 5.30. The summed E-state index contributed by atoms with van der Waals surface area (Å²) in [4.78, 5) is 4.53. The molecule has 0 aromatic carbocycles. The summed E-state index contributed by atoms with van der Waals surface area (Å²) in [5, 5.41) is 3.17. The standard InChI is InChI=1S/C15H21N3O/c1-11-12(8-16-2)7-13(19-11)9-18-10-17-14-5-3-4-6-15(14)18/h7,10,16H,3-6,8-9H2,1-2H3. The Balaban J connectivity index is 1.81. The van der Waals surface area contributed by atoms with Gasteiger partial charge in [0.15, 0.2) is 0 Å². The Hall–Kier alpha value is -1.55. The van der Waals surface area contributed by atoms with Crippen molar-refractivity contribution in [3.8, 4) is 0 Å². The molecule has 0 saturated carbocycles. The summed E-state index contributed by atoms with van der Waals surface area (Å²) in [6.07, 6.45) is 6.80. The summed E-state index contributed by atoms with van der Waals surface area (Å²) in [5.41, 5.74) is 3.92. The Kier molecular flexibility index (Phi) is 3.42. The van der Waals surface area contributed by atoms with Crippen molar-refractivity contribution in [1.29, 1.82) is 0 Å². The van der Waals surface area contributed by atoms with Crippen LogP contribution < -0.4 is 5.32 Å². The highest BCUT2D eigenvalue weighted by Gasteiger charge is 2.16. The predicted molar refractivity (Wildman–Crippen MR) is 74.2 cm³/mol. The summed E-state index contributed by atoms with van der Waals surface area (Å²) < 4.78 is 8.09. The smallest absolute Gasteiger partial charge is 0.124 e. The first kappa shape index (κ1) is 12.5. The molecule has 0 fully saturated rings. The third kappa shape index (κ3) is 2.45. The molecule has 0 amide bonds. The second-order valence-electron chi connectivity index (χ2n) is 5.30. The van der Waals surface area contributed by atoms with Gasteiger partial charge in [0, 0.05) is 17.8 Å². The van der Waals surface area contributed by atoms with E-state index in [1.807, 2.05) is 20.3 Å². The molecular weight excluding hydrogens is 238 g/mol. The highest BCUT2D eigenvalue weighted by molar-refractivity contribution is 5.22. The van der Waals surface area contributed by atoms with Gasteiger partial charge in [0.1, 0.15) is 11.5 Å². The van der Waals surface area contributed by atoms with Crippen LogP contribution in [0.25, 0.3) is 0 Å². The largest absolute Gasteiger partial charge is 0.464 e. The average Bonchev–Trinajstić information content (AvgIpc) is 2.96. The fourth-order valence-electron chi connectivity index (χ4n) is 2.87. The Labute approximate surface area is 113 Å². The van der Waals surface area contributed by atoms with Gasteiger partial charge in [-0.15, -0.1) is 0 Å². The van der Waals surface area contributed by atoms with E-state index < -0.39 is 0 Å². The van der Waals surface area contributed by atoms with Gasteiger partial charge < -0.3 is 14.3 Å². The molecule has 2 aromatic heterocycles. The lowest BCUT2D eigenvalue weighted by atomic mass is 10.0. The lowest BCUT2D eigenvalue weighted by Gasteiger charge is -2.13. The Bertz CT molecular complexity index is 568. The quantitative estimate of drug-likeness (QED) is 0.917. The van der Waals surface area contributed by atoms with Crippen LogP contribution in [0.15, 0.2) is 16.8 Å². The van der Waals surface area contributed by atoms with Crippen LogP contribution in [0.2, 0.25) is 0 Å². The van der Waals surface area contributed by atoms with Crippen molar-refractivity contribution in [2.75, 3.05) is 7.05 Å². The number of rotatable bonds is 4. The van der Waals surface area contributed by atoms with E-state index in [4.69, 9.17) is 4.42 Å². The molecular formula is C15H21N3O. The van der Waals surface area contributed by atoms with Gasteiger partial charge in [-0.3, -0.25) is 0 Å². The molecule has 0 unspecified atom stereocenters. The molecule has 1 N–H and O–H groups in total. The normalized spacial score (nSPS) is 14.6. The molecule has 0 saturated heterocycles. The molecule has 4 heteroatoms. The van der Waals surface area contributed by atoms with Gasteiger partial charge in [-0.05, 0) is 45.7 Å². The molecule has 4 nitrogen and oxygen atoms in total. The lowest BCUT2D eigenvalue weighted by molar-refractivity contribution is 0.462. The Morgan fingerprint density at radius 3 is 3.05 bits per heavy atom. The molecule has 0 bridgehead atoms. The maximum absolute atomic E-state index is 5.84. The Morgan fingerprint density at radius 2 is 2.21 bits per heavy atom. The summed E-state index contributed by atoms with van der Waals surface area (Å²) in [6.45, 7) is 3.68. The van der Waals surface area contributed by atoms with Crippen molar-refractivity contribution in [1.82, 2.24) is 14.9 Å². The zero-order chi connectivity index (χ0) is 13.2. The maximum Gasteiger partial charge on any atom is 0.124 e. The van der Waals surface area contributed by atoms with Gasteiger partial charge in [-0.2, -0.15) is 0 Å². The number of furan rings is 1. The van der Waals surface area contributed by atoms with E-state index in [9.17, 15) is 0 Å². The maximum atomic E-state index is 5.84. The summed E-state index contributed by atoms with van der Waals surface area (Å²) in [6, 6.07) is 2.15. The predicted octanol–water partition coefficient (Wildman–Crippen LogP) is 2.43. The van der Waals surface area contributed by atoms with Gasteiger partial charge in [-0.25, -0.2) is 4.98 Å². The molecule has 1 aliphatic rings. The van der Waals surface area contributed by atoms with Crippen molar-refractivity contribution in [2.45, 2.75) is 45.7 Å². The highest BCUT2D eigenvalue weighted by Crippen LogP contribution is 2.22. The molecule has 19 heavy (non-hydrogen) atoms. The zero-order valence-electron chi connectivity index (χ0n) is 11.7. The van der Waals surface area contributed by atoms with E-state index in [0.717, 1.165) is 37.5 Å². The van der Waals surface area contributed by atoms with E-state index in [1.165, 1.54) is 29.8 Å². The monoisotopic (exact) mass is 259 g/mol. The van der Waals surface area contributed by atoms with Gasteiger partial charge in [-0.1, -0.05) is 0 Å². The van der Waals surface area contributed by atoms with Crippen molar-refractivity contribution in [3.05, 3.63) is 40.9 Å². The first-order valence-electron chi connectivity index (χ1n) is 7.03. The summed E-state index contributed by atoms with van der Waals surface area (Å²) in [5.74, 6) is 2.03. The molecule has 0 spiro atoms. The van der Waals surface area contributed by atoms with Crippen LogP contribution in [0.3, 0.4) is 0 Å². The van der Waals surface area contributed by atoms with Crippen LogP contribution in [-0.4, -0.2) is 16.6 Å². The third-order valence-corrected chi connectivity index (χ3v) is 3.87. The number of nitrogens with zero attached hydrogens (tertiary/aromatic N) is 2. The van der Waals surface area contributed by atoms with Crippen LogP contribution in [-0.2, 0) is 25.9 Å². The minimum absolute atomic E-state index is 0.798. The number of hydrogen-bond acceptors (Lipinski definition) is 3. The molecule has 2 aromatic rings. The van der Waals surface area contributed by atoms with E-state index in [1.54, 1.807) is 0 Å². The molecule has 3 rings (SSSR count). The fraction of sp³-hybridized carbons (Fsp3) is 0.533. The number of hydrogen-bond donors (Lipinski definition) is 1. The number of imidazole rings is 1. The van der Waals surface area contributed by atoms with E-state index in [2.05, 4.69) is 20.9 Å². The molecule has 0 aliphatic heterocycles. The minimum Gasteiger partial charge on any atom is -0.464 e. The van der Waals surface area contributed by atoms with Crippen molar-refractivity contribution >= 4 is 0 Å². The van der Waals surface area contributed by atoms with Gasteiger partial charge in [0.25, 0.3) is 0 Å². The molecule has 102 valence electrons. The lowest BCUT2D eigenvalue weighted by Crippen LogP contribution is -2.08. The highest BCUT2D eigenvalue weighted by atomic mass is 16.3. The van der Waals surface area contributed by atoms with Crippen LogP contribution >= 0.6 is 0 Å². The van der Waals surface area contributed by atoms with Crippen molar-refractivity contribution in [2.24, 2.45) is 0 Å². The van der Waals surface area contributed by atoms with Crippen LogP contribution in [0.5, 0.6) is 0 Å². The van der Waals surface area contributed by atoms with Gasteiger partial charge >= 0.3 is 0 Å². The number of nitrogens with one attached hydrogen (secondary N) is 1. The van der Waals surface area contributed by atoms with Crippen molar-refractivity contribution < 1.29 is 4.42 Å². The first-order chi connectivity index (χ1) is 9.28. The number of fused-ring (bicyclic) bond motifs is 1. The topological polar surface area (TPSA) is 43.0 Å². The third-order valence-electron chi connectivity index (χ3n) is 3.87. The molecule has 0 atom stereocenters.